The lowest BCUT2D eigenvalue weighted by molar-refractivity contribution is -0.136. The molecule has 2 aromatic heterocycles. The van der Waals surface area contributed by atoms with Gasteiger partial charge >= 0.3 is 11.8 Å². The smallest absolute Gasteiger partial charge is 0.314 e. The van der Waals surface area contributed by atoms with Crippen molar-refractivity contribution in [1.82, 2.24) is 25.5 Å². The third-order valence-electron chi connectivity index (χ3n) is 4.95. The van der Waals surface area contributed by atoms with Crippen LogP contribution in [-0.2, 0) is 14.4 Å². The minimum atomic E-state index is -1.11. The van der Waals surface area contributed by atoms with Crippen molar-refractivity contribution >= 4 is 46.9 Å². The van der Waals surface area contributed by atoms with Crippen LogP contribution in [0.3, 0.4) is 0 Å². The molecular weight excluding hydrogens is 486 g/mol. The summed E-state index contributed by atoms with van der Waals surface area (Å²) >= 11 is 5.75. The van der Waals surface area contributed by atoms with Gasteiger partial charge in [0.25, 0.3) is 5.91 Å². The molecule has 0 aliphatic carbocycles. The van der Waals surface area contributed by atoms with Crippen molar-refractivity contribution in [3.05, 3.63) is 71.5 Å². The molecule has 0 saturated heterocycles. The molecule has 0 fully saturated rings. The Kier molecular flexibility index (Phi) is 8.52. The summed E-state index contributed by atoms with van der Waals surface area (Å²) in [5.41, 5.74) is 7.69. The van der Waals surface area contributed by atoms with Crippen LogP contribution < -0.4 is 21.7 Å². The Labute approximate surface area is 212 Å². The van der Waals surface area contributed by atoms with Gasteiger partial charge < -0.3 is 26.6 Å². The molecule has 1 aromatic carbocycles. The van der Waals surface area contributed by atoms with Crippen LogP contribution in [0.4, 0.5) is 11.6 Å². The zero-order valence-corrected chi connectivity index (χ0v) is 20.2. The third-order valence-corrected chi connectivity index (χ3v) is 5.17. The van der Waals surface area contributed by atoms with E-state index in [2.05, 4.69) is 25.9 Å². The van der Waals surface area contributed by atoms with Gasteiger partial charge in [0, 0.05) is 38.6 Å². The first-order chi connectivity index (χ1) is 17.1. The van der Waals surface area contributed by atoms with Gasteiger partial charge in [-0.2, -0.15) is 0 Å². The maximum absolute atomic E-state index is 12.8. The lowest BCUT2D eigenvalue weighted by Gasteiger charge is -2.22. The molecule has 0 saturated carbocycles. The Morgan fingerprint density at radius 1 is 0.972 bits per heavy atom. The largest absolute Gasteiger partial charge is 0.384 e. The van der Waals surface area contributed by atoms with E-state index in [1.807, 2.05) is 0 Å². The molecule has 0 aliphatic rings. The number of pyridine rings is 2. The normalized spacial score (nSPS) is 11.2. The molecule has 3 rings (SSSR count). The van der Waals surface area contributed by atoms with Crippen LogP contribution in [0, 0.1) is 0 Å². The standard InChI is InChI=1S/C24H24ClN7O4/c1-32(2)24(36)18(13-29-22(34)23(35)31-20-8-7-17(25)12-28-20)30-21(33)15-5-3-14(4-6-15)16-9-10-27-19(26)11-16/h3-12,18H,13H2,1-2H3,(H2,26,27)(H,29,34)(H,30,33)(H,28,31,35). The van der Waals surface area contributed by atoms with E-state index in [0.29, 0.717) is 16.4 Å². The number of hydrogen-bond donors (Lipinski definition) is 4. The molecule has 11 nitrogen and oxygen atoms in total. The second kappa shape index (κ2) is 11.8. The van der Waals surface area contributed by atoms with Gasteiger partial charge in [0.15, 0.2) is 0 Å². The zero-order chi connectivity index (χ0) is 26.2. The summed E-state index contributed by atoms with van der Waals surface area (Å²) in [5.74, 6) is -2.48. The third kappa shape index (κ3) is 7.00. The van der Waals surface area contributed by atoms with E-state index in [1.54, 1.807) is 42.6 Å². The van der Waals surface area contributed by atoms with Crippen LogP contribution >= 0.6 is 11.6 Å². The first-order valence-electron chi connectivity index (χ1n) is 10.7. The maximum atomic E-state index is 12.8. The first kappa shape index (κ1) is 26.1. The number of rotatable bonds is 7. The first-order valence-corrected chi connectivity index (χ1v) is 11.1. The number of nitrogen functional groups attached to an aromatic ring is 1. The summed E-state index contributed by atoms with van der Waals surface area (Å²) in [6, 6.07) is 12.0. The summed E-state index contributed by atoms with van der Waals surface area (Å²) in [5, 5.41) is 7.65. The lowest BCUT2D eigenvalue weighted by atomic mass is 10.0. The molecule has 0 bridgehead atoms. The number of anilines is 2. The van der Waals surface area contributed by atoms with Gasteiger partial charge in [-0.1, -0.05) is 23.7 Å². The summed E-state index contributed by atoms with van der Waals surface area (Å²) < 4.78 is 0. The van der Waals surface area contributed by atoms with E-state index in [-0.39, 0.29) is 12.4 Å². The number of nitrogens with one attached hydrogen (secondary N) is 3. The van der Waals surface area contributed by atoms with Crippen LogP contribution in [0.15, 0.2) is 60.9 Å². The van der Waals surface area contributed by atoms with Gasteiger partial charge in [-0.25, -0.2) is 9.97 Å². The average Bonchev–Trinajstić information content (AvgIpc) is 2.87. The quantitative estimate of drug-likeness (QED) is 0.349. The van der Waals surface area contributed by atoms with E-state index < -0.39 is 29.7 Å². The highest BCUT2D eigenvalue weighted by Gasteiger charge is 2.25. The van der Waals surface area contributed by atoms with Gasteiger partial charge in [-0.15, -0.1) is 0 Å². The summed E-state index contributed by atoms with van der Waals surface area (Å²) in [6.07, 6.45) is 2.90. The van der Waals surface area contributed by atoms with E-state index in [0.717, 1.165) is 11.1 Å². The van der Waals surface area contributed by atoms with E-state index >= 15 is 0 Å². The zero-order valence-electron chi connectivity index (χ0n) is 19.5. The van der Waals surface area contributed by atoms with Crippen molar-refractivity contribution in [3.63, 3.8) is 0 Å². The number of nitrogens with zero attached hydrogens (tertiary/aromatic N) is 3. The molecule has 36 heavy (non-hydrogen) atoms. The van der Waals surface area contributed by atoms with Gasteiger partial charge in [-0.05, 0) is 47.5 Å². The fourth-order valence-corrected chi connectivity index (χ4v) is 3.20. The molecular formula is C24H24ClN7O4. The summed E-state index contributed by atoms with van der Waals surface area (Å²) in [6.45, 7) is -0.308. The highest BCUT2D eigenvalue weighted by molar-refractivity contribution is 6.39. The SMILES string of the molecule is CN(C)C(=O)C(CNC(=O)C(=O)Nc1ccc(Cl)cn1)NC(=O)c1ccc(-c2ccnc(N)c2)cc1. The number of amides is 4. The average molecular weight is 510 g/mol. The van der Waals surface area contributed by atoms with Crippen molar-refractivity contribution < 1.29 is 19.2 Å². The highest BCUT2D eigenvalue weighted by Crippen LogP contribution is 2.20. The van der Waals surface area contributed by atoms with Gasteiger partial charge in [0.05, 0.1) is 5.02 Å². The maximum Gasteiger partial charge on any atom is 0.314 e. The number of benzene rings is 1. The van der Waals surface area contributed by atoms with Gasteiger partial charge in [-0.3, -0.25) is 19.2 Å². The summed E-state index contributed by atoms with van der Waals surface area (Å²) in [4.78, 5) is 58.9. The molecule has 1 unspecified atom stereocenters. The molecule has 1 atom stereocenters. The molecule has 12 heteroatoms. The highest BCUT2D eigenvalue weighted by atomic mass is 35.5. The molecule has 3 aromatic rings. The van der Waals surface area contributed by atoms with Gasteiger partial charge in [0.2, 0.25) is 5.91 Å². The Morgan fingerprint density at radius 2 is 1.69 bits per heavy atom. The Bertz CT molecular complexity index is 1260. The topological polar surface area (TPSA) is 159 Å². The Hall–Kier alpha value is -4.51. The monoisotopic (exact) mass is 509 g/mol. The number of carbonyl (C=O) groups is 4. The predicted octanol–water partition coefficient (Wildman–Crippen LogP) is 1.32. The van der Waals surface area contributed by atoms with Gasteiger partial charge in [0.1, 0.15) is 17.7 Å². The van der Waals surface area contributed by atoms with Crippen LogP contribution in [0.1, 0.15) is 10.4 Å². The molecule has 0 aliphatic heterocycles. The molecule has 5 N–H and O–H groups in total. The second-order valence-corrected chi connectivity index (χ2v) is 8.27. The molecule has 4 amide bonds. The molecule has 0 radical (unpaired) electrons. The van der Waals surface area contributed by atoms with E-state index in [4.69, 9.17) is 17.3 Å². The summed E-state index contributed by atoms with van der Waals surface area (Å²) in [7, 11) is 3.02. The number of carbonyl (C=O) groups excluding carboxylic acids is 4. The minimum Gasteiger partial charge on any atom is -0.384 e. The van der Waals surface area contributed by atoms with Crippen LogP contribution in [0.25, 0.3) is 11.1 Å². The molecule has 0 spiro atoms. The molecule has 2 heterocycles. The van der Waals surface area contributed by atoms with Crippen molar-refractivity contribution in [2.24, 2.45) is 0 Å². The lowest BCUT2D eigenvalue weighted by Crippen LogP contribution is -2.53. The fraction of sp³-hybridized carbons (Fsp3) is 0.167. The number of hydrogen-bond acceptors (Lipinski definition) is 7. The van der Waals surface area contributed by atoms with E-state index in [9.17, 15) is 19.2 Å². The predicted molar refractivity (Wildman–Crippen MR) is 135 cm³/mol. The molecule has 186 valence electrons. The van der Waals surface area contributed by atoms with Crippen molar-refractivity contribution in [3.8, 4) is 11.1 Å². The Morgan fingerprint density at radius 3 is 2.31 bits per heavy atom. The van der Waals surface area contributed by atoms with Crippen LogP contribution in [0.5, 0.6) is 0 Å². The van der Waals surface area contributed by atoms with Crippen molar-refractivity contribution in [2.45, 2.75) is 6.04 Å². The number of likely N-dealkylation sites (N-methyl/N-ethyl adjacent to an activating group) is 1. The number of nitrogens with two attached hydrogens (primary N) is 1. The number of aromatic nitrogens is 2. The van der Waals surface area contributed by atoms with Crippen molar-refractivity contribution in [2.75, 3.05) is 31.7 Å². The second-order valence-electron chi connectivity index (χ2n) is 7.83. The van der Waals surface area contributed by atoms with Crippen molar-refractivity contribution in [1.29, 1.82) is 0 Å². The van der Waals surface area contributed by atoms with Crippen LogP contribution in [0.2, 0.25) is 5.02 Å². The van der Waals surface area contributed by atoms with E-state index in [1.165, 1.54) is 37.3 Å². The fourth-order valence-electron chi connectivity index (χ4n) is 3.09. The Balaban J connectivity index is 1.63. The van der Waals surface area contributed by atoms with Crippen LogP contribution in [-0.4, -0.2) is 65.2 Å². The number of halogens is 1. The minimum absolute atomic E-state index is 0.131.